The van der Waals surface area contributed by atoms with Gasteiger partial charge in [0, 0.05) is 18.4 Å². The molecule has 3 N–H and O–H groups in total. The highest BCUT2D eigenvalue weighted by molar-refractivity contribution is 5.14. The van der Waals surface area contributed by atoms with E-state index in [0.29, 0.717) is 0 Å². The van der Waals surface area contributed by atoms with Crippen LogP contribution >= 0.6 is 0 Å². The smallest absolute Gasteiger partial charge is 0.0375 e. The molecule has 72 valence electrons. The summed E-state index contributed by atoms with van der Waals surface area (Å²) >= 11 is 0. The van der Waals surface area contributed by atoms with E-state index in [1.165, 1.54) is 5.56 Å². The van der Waals surface area contributed by atoms with Gasteiger partial charge in [-0.2, -0.15) is 0 Å². The first-order valence-corrected chi connectivity index (χ1v) is 4.65. The van der Waals surface area contributed by atoms with Crippen molar-refractivity contribution in [3.8, 4) is 0 Å². The molecule has 0 aliphatic rings. The molecule has 0 bridgehead atoms. The minimum atomic E-state index is 0.752. The lowest BCUT2D eigenvalue weighted by Gasteiger charge is -2.03. The first-order chi connectivity index (χ1) is 6.33. The topological polar surface area (TPSA) is 50.9 Å². The molecule has 0 spiro atoms. The zero-order chi connectivity index (χ0) is 9.52. The van der Waals surface area contributed by atoms with E-state index in [1.807, 2.05) is 19.2 Å². The third-order valence-corrected chi connectivity index (χ3v) is 1.85. The number of aromatic nitrogens is 1. The third-order valence-electron chi connectivity index (χ3n) is 1.85. The molecule has 1 rings (SSSR count). The highest BCUT2D eigenvalue weighted by Gasteiger charge is 1.92. The SMILES string of the molecule is Cc1cc(CNCCCN)ccn1. The average Bonchev–Trinajstić information content (AvgIpc) is 2.13. The number of pyridine rings is 1. The molecule has 0 aromatic carbocycles. The molecule has 0 atom stereocenters. The molecule has 0 saturated heterocycles. The summed E-state index contributed by atoms with van der Waals surface area (Å²) in [7, 11) is 0. The van der Waals surface area contributed by atoms with Crippen LogP contribution in [0.15, 0.2) is 18.3 Å². The van der Waals surface area contributed by atoms with Crippen LogP contribution in [0.5, 0.6) is 0 Å². The summed E-state index contributed by atoms with van der Waals surface area (Å²) < 4.78 is 0. The Morgan fingerprint density at radius 3 is 3.08 bits per heavy atom. The van der Waals surface area contributed by atoms with E-state index in [-0.39, 0.29) is 0 Å². The van der Waals surface area contributed by atoms with E-state index in [9.17, 15) is 0 Å². The van der Waals surface area contributed by atoms with Crippen LogP contribution in [-0.4, -0.2) is 18.1 Å². The maximum atomic E-state index is 5.38. The van der Waals surface area contributed by atoms with Gasteiger partial charge in [-0.1, -0.05) is 0 Å². The van der Waals surface area contributed by atoms with Crippen molar-refractivity contribution in [1.29, 1.82) is 0 Å². The minimum Gasteiger partial charge on any atom is -0.330 e. The van der Waals surface area contributed by atoms with E-state index < -0.39 is 0 Å². The Labute approximate surface area is 79.4 Å². The molecule has 1 heterocycles. The van der Waals surface area contributed by atoms with Crippen molar-refractivity contribution in [1.82, 2.24) is 10.3 Å². The summed E-state index contributed by atoms with van der Waals surface area (Å²) in [5.41, 5.74) is 7.73. The van der Waals surface area contributed by atoms with Gasteiger partial charge in [-0.05, 0) is 44.1 Å². The maximum absolute atomic E-state index is 5.38. The highest BCUT2D eigenvalue weighted by Crippen LogP contribution is 1.99. The van der Waals surface area contributed by atoms with Crippen LogP contribution in [0.2, 0.25) is 0 Å². The molecule has 0 unspecified atom stereocenters. The van der Waals surface area contributed by atoms with Gasteiger partial charge >= 0.3 is 0 Å². The van der Waals surface area contributed by atoms with Gasteiger partial charge < -0.3 is 11.1 Å². The summed E-state index contributed by atoms with van der Waals surface area (Å²) in [6.45, 7) is 4.65. The lowest BCUT2D eigenvalue weighted by molar-refractivity contribution is 0.654. The van der Waals surface area contributed by atoms with Gasteiger partial charge in [-0.15, -0.1) is 0 Å². The third kappa shape index (κ3) is 4.01. The number of aryl methyl sites for hydroxylation is 1. The van der Waals surface area contributed by atoms with Gasteiger partial charge in [0.2, 0.25) is 0 Å². The molecule has 3 heteroatoms. The quantitative estimate of drug-likeness (QED) is 0.658. The van der Waals surface area contributed by atoms with Gasteiger partial charge in [0.1, 0.15) is 0 Å². The number of hydrogen-bond acceptors (Lipinski definition) is 3. The van der Waals surface area contributed by atoms with Crippen molar-refractivity contribution in [2.75, 3.05) is 13.1 Å². The Hall–Kier alpha value is -0.930. The van der Waals surface area contributed by atoms with E-state index in [1.54, 1.807) is 0 Å². The van der Waals surface area contributed by atoms with Crippen LogP contribution in [-0.2, 0) is 6.54 Å². The molecule has 0 aliphatic carbocycles. The van der Waals surface area contributed by atoms with Crippen LogP contribution in [0.4, 0.5) is 0 Å². The predicted molar refractivity (Wildman–Crippen MR) is 54.4 cm³/mol. The fourth-order valence-corrected chi connectivity index (χ4v) is 1.17. The summed E-state index contributed by atoms with van der Waals surface area (Å²) in [6, 6.07) is 4.12. The average molecular weight is 179 g/mol. The number of nitrogens with one attached hydrogen (secondary N) is 1. The van der Waals surface area contributed by atoms with Crippen molar-refractivity contribution >= 4 is 0 Å². The Morgan fingerprint density at radius 1 is 1.54 bits per heavy atom. The molecule has 3 nitrogen and oxygen atoms in total. The van der Waals surface area contributed by atoms with Gasteiger partial charge in [-0.25, -0.2) is 0 Å². The van der Waals surface area contributed by atoms with E-state index >= 15 is 0 Å². The molecular weight excluding hydrogens is 162 g/mol. The fraction of sp³-hybridized carbons (Fsp3) is 0.500. The van der Waals surface area contributed by atoms with Crippen molar-refractivity contribution < 1.29 is 0 Å². The van der Waals surface area contributed by atoms with Gasteiger partial charge in [0.05, 0.1) is 0 Å². The van der Waals surface area contributed by atoms with Gasteiger partial charge in [0.15, 0.2) is 0 Å². The first-order valence-electron chi connectivity index (χ1n) is 4.65. The van der Waals surface area contributed by atoms with Crippen LogP contribution in [0.1, 0.15) is 17.7 Å². The highest BCUT2D eigenvalue weighted by atomic mass is 14.8. The molecule has 0 fully saturated rings. The van der Waals surface area contributed by atoms with Crippen LogP contribution in [0, 0.1) is 6.92 Å². The Kier molecular flexibility index (Phi) is 4.43. The number of hydrogen-bond donors (Lipinski definition) is 2. The molecule has 1 aromatic rings. The summed E-state index contributed by atoms with van der Waals surface area (Å²) in [5, 5.41) is 3.32. The molecule has 0 radical (unpaired) electrons. The number of nitrogens with two attached hydrogens (primary N) is 1. The molecule has 0 saturated carbocycles. The van der Waals surface area contributed by atoms with Crippen molar-refractivity contribution in [3.05, 3.63) is 29.6 Å². The van der Waals surface area contributed by atoms with Gasteiger partial charge in [0.25, 0.3) is 0 Å². The largest absolute Gasteiger partial charge is 0.330 e. The van der Waals surface area contributed by atoms with Gasteiger partial charge in [-0.3, -0.25) is 4.98 Å². The van der Waals surface area contributed by atoms with Crippen LogP contribution in [0.25, 0.3) is 0 Å². The van der Waals surface area contributed by atoms with Crippen molar-refractivity contribution in [3.63, 3.8) is 0 Å². The molecule has 0 amide bonds. The second-order valence-electron chi connectivity index (χ2n) is 3.12. The predicted octanol–water partition coefficient (Wildman–Crippen LogP) is 0.828. The normalized spacial score (nSPS) is 10.3. The van der Waals surface area contributed by atoms with Crippen LogP contribution < -0.4 is 11.1 Å². The number of rotatable bonds is 5. The lowest BCUT2D eigenvalue weighted by Crippen LogP contribution is -2.17. The first kappa shape index (κ1) is 10.2. The van der Waals surface area contributed by atoms with E-state index in [0.717, 1.165) is 31.7 Å². The standard InChI is InChI=1S/C10H17N3/c1-9-7-10(3-6-13-9)8-12-5-2-4-11/h3,6-7,12H,2,4-5,8,11H2,1H3. The zero-order valence-corrected chi connectivity index (χ0v) is 8.09. The van der Waals surface area contributed by atoms with Crippen molar-refractivity contribution in [2.45, 2.75) is 19.9 Å². The Balaban J connectivity index is 2.28. The fourth-order valence-electron chi connectivity index (χ4n) is 1.17. The van der Waals surface area contributed by atoms with E-state index in [2.05, 4.69) is 16.4 Å². The molecular formula is C10H17N3. The zero-order valence-electron chi connectivity index (χ0n) is 8.09. The Bertz CT molecular complexity index is 248. The molecule has 0 aliphatic heterocycles. The second kappa shape index (κ2) is 5.67. The summed E-state index contributed by atoms with van der Waals surface area (Å²) in [4.78, 5) is 4.14. The van der Waals surface area contributed by atoms with Crippen molar-refractivity contribution in [2.24, 2.45) is 5.73 Å². The minimum absolute atomic E-state index is 0.752. The molecule has 13 heavy (non-hydrogen) atoms. The van der Waals surface area contributed by atoms with Crippen LogP contribution in [0.3, 0.4) is 0 Å². The van der Waals surface area contributed by atoms with E-state index in [4.69, 9.17) is 5.73 Å². The maximum Gasteiger partial charge on any atom is 0.0375 e. The Morgan fingerprint density at radius 2 is 2.38 bits per heavy atom. The molecule has 1 aromatic heterocycles. The number of nitrogens with zero attached hydrogens (tertiary/aromatic N) is 1. The monoisotopic (exact) mass is 179 g/mol. The summed E-state index contributed by atoms with van der Waals surface area (Å²) in [6.07, 6.45) is 2.87. The second-order valence-corrected chi connectivity index (χ2v) is 3.12. The lowest BCUT2D eigenvalue weighted by atomic mass is 10.2. The summed E-state index contributed by atoms with van der Waals surface area (Å²) in [5.74, 6) is 0.